The molecule has 0 saturated carbocycles. The summed E-state index contributed by atoms with van der Waals surface area (Å²) >= 11 is 0. The standard InChI is InChI=1S/C21H22N2/c1-22-20-12-6-5-10-18(20)14-21(22)19-11-7-13-23(16-19)15-17-8-3-2-4-9-17/h2-6,8-12,14H,7,13,15-16H2,1H3. The highest BCUT2D eigenvalue weighted by Crippen LogP contribution is 2.27. The number of para-hydroxylation sites is 1. The fourth-order valence-electron chi connectivity index (χ4n) is 3.57. The maximum Gasteiger partial charge on any atom is 0.0482 e. The summed E-state index contributed by atoms with van der Waals surface area (Å²) in [6.07, 6.45) is 3.54. The highest BCUT2D eigenvalue weighted by atomic mass is 15.1. The lowest BCUT2D eigenvalue weighted by molar-refractivity contribution is 0.296. The van der Waals surface area contributed by atoms with Gasteiger partial charge in [0.25, 0.3) is 0 Å². The number of hydrogen-bond acceptors (Lipinski definition) is 1. The zero-order valence-corrected chi connectivity index (χ0v) is 13.6. The SMILES string of the molecule is Cn1c(C2=CCCN(Cc3ccccc3)C2)cc2ccccc21. The Kier molecular flexibility index (Phi) is 3.76. The molecule has 0 bridgehead atoms. The first-order valence-corrected chi connectivity index (χ1v) is 8.31. The quantitative estimate of drug-likeness (QED) is 0.693. The maximum atomic E-state index is 2.54. The van der Waals surface area contributed by atoms with Gasteiger partial charge in [-0.25, -0.2) is 0 Å². The first-order valence-electron chi connectivity index (χ1n) is 8.31. The molecule has 23 heavy (non-hydrogen) atoms. The third-order valence-corrected chi connectivity index (χ3v) is 4.76. The van der Waals surface area contributed by atoms with Gasteiger partial charge in [-0.3, -0.25) is 4.90 Å². The summed E-state index contributed by atoms with van der Waals surface area (Å²) in [6, 6.07) is 21.7. The van der Waals surface area contributed by atoms with E-state index in [2.05, 4.69) is 83.3 Å². The van der Waals surface area contributed by atoms with Crippen molar-refractivity contribution in [2.24, 2.45) is 7.05 Å². The van der Waals surface area contributed by atoms with Crippen LogP contribution in [0, 0.1) is 0 Å². The molecule has 1 aliphatic heterocycles. The number of fused-ring (bicyclic) bond motifs is 1. The largest absolute Gasteiger partial charge is 0.344 e. The maximum absolute atomic E-state index is 2.54. The van der Waals surface area contributed by atoms with Gasteiger partial charge in [0.05, 0.1) is 0 Å². The lowest BCUT2D eigenvalue weighted by Crippen LogP contribution is -2.29. The van der Waals surface area contributed by atoms with Gasteiger partial charge in [0.2, 0.25) is 0 Å². The van der Waals surface area contributed by atoms with Crippen LogP contribution in [-0.4, -0.2) is 22.6 Å². The zero-order chi connectivity index (χ0) is 15.6. The molecule has 3 aromatic rings. The Bertz CT molecular complexity index is 843. The van der Waals surface area contributed by atoms with Crippen LogP contribution in [0.15, 0.2) is 66.7 Å². The predicted molar refractivity (Wildman–Crippen MR) is 97.2 cm³/mol. The van der Waals surface area contributed by atoms with Gasteiger partial charge < -0.3 is 4.57 Å². The van der Waals surface area contributed by atoms with E-state index < -0.39 is 0 Å². The second-order valence-electron chi connectivity index (χ2n) is 6.36. The number of aromatic nitrogens is 1. The highest BCUT2D eigenvalue weighted by molar-refractivity contribution is 5.86. The molecule has 0 fully saturated rings. The summed E-state index contributed by atoms with van der Waals surface area (Å²) in [5, 5.41) is 1.33. The molecule has 1 aliphatic rings. The third-order valence-electron chi connectivity index (χ3n) is 4.76. The molecule has 4 rings (SSSR count). The van der Waals surface area contributed by atoms with E-state index in [9.17, 15) is 0 Å². The summed E-state index contributed by atoms with van der Waals surface area (Å²) in [5.74, 6) is 0. The van der Waals surface area contributed by atoms with Gasteiger partial charge in [-0.15, -0.1) is 0 Å². The first kappa shape index (κ1) is 14.3. The van der Waals surface area contributed by atoms with E-state index in [0.29, 0.717) is 0 Å². The van der Waals surface area contributed by atoms with Crippen molar-refractivity contribution >= 4 is 16.5 Å². The molecule has 0 saturated heterocycles. The topological polar surface area (TPSA) is 8.17 Å². The number of aryl methyl sites for hydroxylation is 1. The minimum Gasteiger partial charge on any atom is -0.344 e. The van der Waals surface area contributed by atoms with Crippen molar-refractivity contribution < 1.29 is 0 Å². The number of rotatable bonds is 3. The second kappa shape index (κ2) is 6.05. The fourth-order valence-corrected chi connectivity index (χ4v) is 3.57. The van der Waals surface area contributed by atoms with Crippen molar-refractivity contribution in [1.29, 1.82) is 0 Å². The fraction of sp³-hybridized carbons (Fsp3) is 0.238. The molecular weight excluding hydrogens is 280 g/mol. The third kappa shape index (κ3) is 2.82. The van der Waals surface area contributed by atoms with E-state index in [-0.39, 0.29) is 0 Å². The van der Waals surface area contributed by atoms with Crippen molar-refractivity contribution in [3.63, 3.8) is 0 Å². The van der Waals surface area contributed by atoms with Crippen LogP contribution in [0.4, 0.5) is 0 Å². The predicted octanol–water partition coefficient (Wildman–Crippen LogP) is 4.47. The molecular formula is C21H22N2. The van der Waals surface area contributed by atoms with Crippen LogP contribution in [-0.2, 0) is 13.6 Å². The van der Waals surface area contributed by atoms with Crippen LogP contribution in [0.5, 0.6) is 0 Å². The molecule has 0 amide bonds. The van der Waals surface area contributed by atoms with E-state index in [1.165, 1.54) is 27.7 Å². The highest BCUT2D eigenvalue weighted by Gasteiger charge is 2.17. The Morgan fingerprint density at radius 3 is 2.57 bits per heavy atom. The Balaban J connectivity index is 1.59. The summed E-state index contributed by atoms with van der Waals surface area (Å²) < 4.78 is 2.33. The van der Waals surface area contributed by atoms with Gasteiger partial charge in [-0.05, 0) is 29.7 Å². The average Bonchev–Trinajstić information content (AvgIpc) is 2.93. The first-order chi connectivity index (χ1) is 11.3. The van der Waals surface area contributed by atoms with Gasteiger partial charge in [-0.2, -0.15) is 0 Å². The summed E-state index contributed by atoms with van der Waals surface area (Å²) in [6.45, 7) is 3.20. The van der Waals surface area contributed by atoms with E-state index in [1.54, 1.807) is 0 Å². The van der Waals surface area contributed by atoms with Crippen molar-refractivity contribution in [3.05, 3.63) is 78.0 Å². The van der Waals surface area contributed by atoms with Crippen LogP contribution < -0.4 is 0 Å². The molecule has 0 radical (unpaired) electrons. The van der Waals surface area contributed by atoms with Crippen LogP contribution in [0.25, 0.3) is 16.5 Å². The van der Waals surface area contributed by atoms with Crippen molar-refractivity contribution in [2.75, 3.05) is 13.1 Å². The van der Waals surface area contributed by atoms with Crippen molar-refractivity contribution in [1.82, 2.24) is 9.47 Å². The Morgan fingerprint density at radius 1 is 0.957 bits per heavy atom. The van der Waals surface area contributed by atoms with Crippen molar-refractivity contribution in [2.45, 2.75) is 13.0 Å². The summed E-state index contributed by atoms with van der Waals surface area (Å²) in [4.78, 5) is 2.54. The van der Waals surface area contributed by atoms with Gasteiger partial charge >= 0.3 is 0 Å². The minimum absolute atomic E-state index is 1.03. The van der Waals surface area contributed by atoms with Crippen LogP contribution in [0.3, 0.4) is 0 Å². The zero-order valence-electron chi connectivity index (χ0n) is 13.6. The summed E-state index contributed by atoms with van der Waals surface area (Å²) in [5.41, 5.74) is 5.50. The normalized spacial score (nSPS) is 15.8. The molecule has 2 heterocycles. The molecule has 116 valence electrons. The van der Waals surface area contributed by atoms with E-state index in [1.807, 2.05) is 0 Å². The van der Waals surface area contributed by atoms with Crippen LogP contribution in [0.2, 0.25) is 0 Å². The Labute approximate surface area is 137 Å². The number of nitrogens with zero attached hydrogens (tertiary/aromatic N) is 2. The smallest absolute Gasteiger partial charge is 0.0482 e. The van der Waals surface area contributed by atoms with Crippen molar-refractivity contribution in [3.8, 4) is 0 Å². The van der Waals surface area contributed by atoms with Gasteiger partial charge in [0.15, 0.2) is 0 Å². The average molecular weight is 302 g/mol. The van der Waals surface area contributed by atoms with Gasteiger partial charge in [0.1, 0.15) is 0 Å². The van der Waals surface area contributed by atoms with Crippen LogP contribution in [0.1, 0.15) is 17.7 Å². The van der Waals surface area contributed by atoms with E-state index >= 15 is 0 Å². The molecule has 2 heteroatoms. The lowest BCUT2D eigenvalue weighted by Gasteiger charge is -2.27. The van der Waals surface area contributed by atoms with Crippen LogP contribution >= 0.6 is 0 Å². The molecule has 0 N–H and O–H groups in total. The molecule has 0 aliphatic carbocycles. The molecule has 0 atom stereocenters. The molecule has 2 nitrogen and oxygen atoms in total. The number of hydrogen-bond donors (Lipinski definition) is 0. The molecule has 2 aromatic carbocycles. The van der Waals surface area contributed by atoms with E-state index in [4.69, 9.17) is 0 Å². The Hall–Kier alpha value is -2.32. The molecule has 0 unspecified atom stereocenters. The van der Waals surface area contributed by atoms with Gasteiger partial charge in [-0.1, -0.05) is 54.6 Å². The Morgan fingerprint density at radius 2 is 1.74 bits per heavy atom. The molecule has 1 aromatic heterocycles. The monoisotopic (exact) mass is 302 g/mol. The molecule has 0 spiro atoms. The lowest BCUT2D eigenvalue weighted by atomic mass is 10.1. The minimum atomic E-state index is 1.03. The number of benzene rings is 2. The van der Waals surface area contributed by atoms with E-state index in [0.717, 1.165) is 26.1 Å². The summed E-state index contributed by atoms with van der Waals surface area (Å²) in [7, 11) is 2.18. The second-order valence-corrected chi connectivity index (χ2v) is 6.36. The van der Waals surface area contributed by atoms with Gasteiger partial charge in [0, 0.05) is 43.3 Å².